The van der Waals surface area contributed by atoms with Crippen LogP contribution >= 0.6 is 0 Å². The van der Waals surface area contributed by atoms with Crippen LogP contribution in [-0.2, 0) is 0 Å². The summed E-state index contributed by atoms with van der Waals surface area (Å²) in [7, 11) is 1.48. The molecule has 1 aromatic heterocycles. The van der Waals surface area contributed by atoms with Gasteiger partial charge in [-0.05, 0) is 25.0 Å². The van der Waals surface area contributed by atoms with Gasteiger partial charge in [0, 0.05) is 37.8 Å². The number of hydrogen-bond donors (Lipinski definition) is 3. The van der Waals surface area contributed by atoms with E-state index >= 15 is 0 Å². The third-order valence-corrected chi connectivity index (χ3v) is 5.36. The van der Waals surface area contributed by atoms with Crippen molar-refractivity contribution in [2.24, 2.45) is 5.92 Å². The number of pyridine rings is 1. The minimum atomic E-state index is -1.29. The summed E-state index contributed by atoms with van der Waals surface area (Å²) in [5.74, 6) is -0.954. The number of anilines is 1. The number of carbonyl (C=O) groups is 1. The van der Waals surface area contributed by atoms with E-state index in [1.54, 1.807) is 6.07 Å². The van der Waals surface area contributed by atoms with Crippen LogP contribution in [0.2, 0.25) is 0 Å². The molecule has 0 amide bonds. The van der Waals surface area contributed by atoms with Gasteiger partial charge in [0.25, 0.3) is 0 Å². The monoisotopic (exact) mass is 375 g/mol. The van der Waals surface area contributed by atoms with Gasteiger partial charge in [-0.1, -0.05) is 0 Å². The Bertz CT molecular complexity index is 940. The first-order valence-corrected chi connectivity index (χ1v) is 9.07. The van der Waals surface area contributed by atoms with Crippen molar-refractivity contribution in [2.45, 2.75) is 25.1 Å². The molecule has 4 rings (SSSR count). The molecule has 3 N–H and O–H groups in total. The summed E-state index contributed by atoms with van der Waals surface area (Å²) in [4.78, 5) is 28.3. The van der Waals surface area contributed by atoms with Crippen molar-refractivity contribution < 1.29 is 19.0 Å². The van der Waals surface area contributed by atoms with Gasteiger partial charge in [-0.15, -0.1) is 0 Å². The summed E-state index contributed by atoms with van der Waals surface area (Å²) in [5.41, 5.74) is 0.293. The number of carboxylic acids is 1. The van der Waals surface area contributed by atoms with E-state index in [2.05, 4.69) is 10.3 Å². The van der Waals surface area contributed by atoms with Gasteiger partial charge in [0.05, 0.1) is 23.7 Å². The molecule has 1 aromatic carbocycles. The molecule has 1 saturated carbocycles. The summed E-state index contributed by atoms with van der Waals surface area (Å²) in [6.07, 6.45) is 2.58. The van der Waals surface area contributed by atoms with Gasteiger partial charge in [-0.25, -0.2) is 9.18 Å². The molecule has 7 nitrogen and oxygen atoms in total. The Morgan fingerprint density at radius 3 is 2.85 bits per heavy atom. The fourth-order valence-corrected chi connectivity index (χ4v) is 3.63. The van der Waals surface area contributed by atoms with Crippen LogP contribution in [0.5, 0.6) is 5.75 Å². The third kappa shape index (κ3) is 3.37. The van der Waals surface area contributed by atoms with E-state index in [0.717, 1.165) is 12.8 Å². The van der Waals surface area contributed by atoms with Gasteiger partial charge >= 0.3 is 5.97 Å². The second-order valence-corrected chi connectivity index (χ2v) is 7.27. The molecule has 144 valence electrons. The van der Waals surface area contributed by atoms with E-state index in [4.69, 9.17) is 9.84 Å². The lowest BCUT2D eigenvalue weighted by Gasteiger charge is -2.21. The molecular weight excluding hydrogens is 353 g/mol. The van der Waals surface area contributed by atoms with E-state index in [1.807, 2.05) is 4.90 Å². The van der Waals surface area contributed by atoms with E-state index in [9.17, 15) is 14.0 Å². The van der Waals surface area contributed by atoms with Crippen LogP contribution in [0.3, 0.4) is 0 Å². The summed E-state index contributed by atoms with van der Waals surface area (Å²) in [6, 6.07) is 3.79. The van der Waals surface area contributed by atoms with Gasteiger partial charge in [0.2, 0.25) is 5.43 Å². The average molecular weight is 375 g/mol. The molecule has 2 atom stereocenters. The highest BCUT2D eigenvalue weighted by atomic mass is 19.1. The maximum absolute atomic E-state index is 14.5. The first-order valence-electron chi connectivity index (χ1n) is 9.07. The number of aromatic carboxylic acids is 1. The molecule has 1 saturated heterocycles. The minimum Gasteiger partial charge on any atom is -0.495 e. The van der Waals surface area contributed by atoms with E-state index in [-0.39, 0.29) is 23.4 Å². The number of rotatable bonds is 6. The van der Waals surface area contributed by atoms with E-state index in [0.29, 0.717) is 36.1 Å². The molecule has 0 radical (unpaired) electrons. The van der Waals surface area contributed by atoms with Crippen LogP contribution in [-0.4, -0.2) is 55.0 Å². The predicted molar refractivity (Wildman–Crippen MR) is 99.7 cm³/mol. The molecule has 2 aliphatic rings. The molecule has 27 heavy (non-hydrogen) atoms. The highest BCUT2D eigenvalue weighted by molar-refractivity contribution is 5.94. The number of ether oxygens (including phenoxy) is 1. The molecule has 2 aromatic rings. The van der Waals surface area contributed by atoms with Crippen LogP contribution in [0, 0.1) is 5.92 Å². The summed E-state index contributed by atoms with van der Waals surface area (Å²) >= 11 is 0. The zero-order valence-electron chi connectivity index (χ0n) is 15.0. The first-order chi connectivity index (χ1) is 13.0. The SMILES string of the molecule is COc1cc2c(=O)c(C(=O)O)c[nH]c2cc1N1C[C@H](CNC2CC2)[C@H](F)C1. The molecular formula is C19H22FN3O4. The lowest BCUT2D eigenvalue weighted by atomic mass is 10.1. The largest absolute Gasteiger partial charge is 0.495 e. The Kier molecular flexibility index (Phi) is 4.51. The van der Waals surface area contributed by atoms with Crippen molar-refractivity contribution in [3.8, 4) is 5.75 Å². The quantitative estimate of drug-likeness (QED) is 0.712. The first kappa shape index (κ1) is 17.8. The van der Waals surface area contributed by atoms with Crippen molar-refractivity contribution in [3.05, 3.63) is 34.1 Å². The standard InChI is InChI=1S/C19H22FN3O4/c1-27-17-4-12-15(22-7-13(18(12)24)19(25)26)5-16(17)23-8-10(14(20)9-23)6-21-11-2-3-11/h4-5,7,10-11,14,21H,2-3,6,8-9H2,1H3,(H,22,24)(H,25,26)/t10-,14+/m0/s1. The second kappa shape index (κ2) is 6.84. The number of alkyl halides is 1. The summed E-state index contributed by atoms with van der Waals surface area (Å²) in [5, 5.41) is 12.7. The number of nitrogens with one attached hydrogen (secondary N) is 2. The Hall–Kier alpha value is -2.61. The van der Waals surface area contributed by atoms with Crippen LogP contribution in [0.25, 0.3) is 10.9 Å². The van der Waals surface area contributed by atoms with E-state index in [1.165, 1.54) is 19.4 Å². The van der Waals surface area contributed by atoms with Crippen LogP contribution in [0.4, 0.5) is 10.1 Å². The topological polar surface area (TPSA) is 94.7 Å². The number of aromatic amines is 1. The Morgan fingerprint density at radius 1 is 1.41 bits per heavy atom. The number of methoxy groups -OCH3 is 1. The zero-order valence-corrected chi connectivity index (χ0v) is 15.0. The number of nitrogens with zero attached hydrogens (tertiary/aromatic N) is 1. The Balaban J connectivity index is 1.66. The van der Waals surface area contributed by atoms with Crippen LogP contribution < -0.4 is 20.4 Å². The maximum atomic E-state index is 14.5. The fourth-order valence-electron chi connectivity index (χ4n) is 3.63. The van der Waals surface area contributed by atoms with Gasteiger partial charge in [0.1, 0.15) is 17.5 Å². The lowest BCUT2D eigenvalue weighted by molar-refractivity contribution is 0.0695. The number of benzene rings is 1. The Labute approximate surface area is 155 Å². The maximum Gasteiger partial charge on any atom is 0.341 e. The van der Waals surface area contributed by atoms with E-state index < -0.39 is 17.6 Å². The number of aromatic nitrogens is 1. The molecule has 2 heterocycles. The molecule has 8 heteroatoms. The molecule has 1 aliphatic heterocycles. The summed E-state index contributed by atoms with van der Waals surface area (Å²) < 4.78 is 19.9. The minimum absolute atomic E-state index is 0.0977. The second-order valence-electron chi connectivity index (χ2n) is 7.27. The van der Waals surface area contributed by atoms with Crippen molar-refractivity contribution >= 4 is 22.6 Å². The molecule has 1 aliphatic carbocycles. The highest BCUT2D eigenvalue weighted by Crippen LogP contribution is 2.36. The molecule has 2 fully saturated rings. The van der Waals surface area contributed by atoms with Crippen LogP contribution in [0.1, 0.15) is 23.2 Å². The normalized spacial score (nSPS) is 22.4. The van der Waals surface area contributed by atoms with Gasteiger partial charge in [0.15, 0.2) is 0 Å². The lowest BCUT2D eigenvalue weighted by Crippen LogP contribution is -2.30. The Morgan fingerprint density at radius 2 is 2.19 bits per heavy atom. The van der Waals surface area contributed by atoms with Gasteiger partial charge < -0.3 is 25.0 Å². The van der Waals surface area contributed by atoms with Crippen molar-refractivity contribution in [1.82, 2.24) is 10.3 Å². The number of carboxylic acid groups (broad SMARTS) is 1. The van der Waals surface area contributed by atoms with Gasteiger partial charge in [-0.2, -0.15) is 0 Å². The van der Waals surface area contributed by atoms with Crippen molar-refractivity contribution in [2.75, 3.05) is 31.6 Å². The number of H-pyrrole nitrogens is 1. The number of halogens is 1. The molecule has 0 spiro atoms. The summed E-state index contributed by atoms with van der Waals surface area (Å²) in [6.45, 7) is 1.47. The number of hydrogen-bond acceptors (Lipinski definition) is 5. The molecule has 0 bridgehead atoms. The highest BCUT2D eigenvalue weighted by Gasteiger charge is 2.35. The van der Waals surface area contributed by atoms with Crippen molar-refractivity contribution in [1.29, 1.82) is 0 Å². The fraction of sp³-hybridized carbons (Fsp3) is 0.474. The van der Waals surface area contributed by atoms with Crippen molar-refractivity contribution in [3.63, 3.8) is 0 Å². The third-order valence-electron chi connectivity index (χ3n) is 5.36. The molecule has 0 unspecified atom stereocenters. The predicted octanol–water partition coefficient (Wildman–Crippen LogP) is 1.76. The zero-order chi connectivity index (χ0) is 19.1. The average Bonchev–Trinajstić information content (AvgIpc) is 3.40. The van der Waals surface area contributed by atoms with Gasteiger partial charge in [-0.3, -0.25) is 4.79 Å². The number of fused-ring (bicyclic) bond motifs is 1. The smallest absolute Gasteiger partial charge is 0.341 e. The van der Waals surface area contributed by atoms with Crippen LogP contribution in [0.15, 0.2) is 23.1 Å².